The summed E-state index contributed by atoms with van der Waals surface area (Å²) in [5.74, 6) is 2.43. The quantitative estimate of drug-likeness (QED) is 0.548. The molecule has 2 aliphatic rings. The van der Waals surface area contributed by atoms with Gasteiger partial charge in [-0.2, -0.15) is 20.8 Å². The Morgan fingerprint density at radius 3 is 2.23 bits per heavy atom. The molecule has 2 rings (SSSR count). The first-order valence-electron chi connectivity index (χ1n) is 5.13. The fraction of sp³-hybridized carbons (Fsp3) is 0.909. The van der Waals surface area contributed by atoms with Crippen molar-refractivity contribution in [2.45, 2.75) is 52.5 Å². The third-order valence-electron chi connectivity index (χ3n) is 2.48. The van der Waals surface area contributed by atoms with Gasteiger partial charge in [-0.3, -0.25) is 0 Å². The summed E-state index contributed by atoms with van der Waals surface area (Å²) in [6, 6.07) is 0.801. The van der Waals surface area contributed by atoms with Gasteiger partial charge in [0, 0.05) is 0 Å². The monoisotopic (exact) mass is 405 g/mol. The van der Waals surface area contributed by atoms with Crippen LogP contribution in [-0.2, 0) is 0 Å². The van der Waals surface area contributed by atoms with Crippen LogP contribution in [0.25, 0.3) is 5.32 Å². The van der Waals surface area contributed by atoms with Gasteiger partial charge in [0.05, 0.1) is 0 Å². The molecule has 13 heavy (non-hydrogen) atoms. The average Bonchev–Trinajstić information content (AvgIpc) is 2.40. The second-order valence-electron chi connectivity index (χ2n) is 4.45. The SMILES string of the molecule is C1CC2CC[N-]C2C1.C[C-](C)C.[U+2]. The van der Waals surface area contributed by atoms with Crippen molar-refractivity contribution < 1.29 is 31.1 Å². The summed E-state index contributed by atoms with van der Waals surface area (Å²) < 4.78 is 0. The Bertz CT molecular complexity index is 103. The molecule has 1 nitrogen and oxygen atoms in total. The Morgan fingerprint density at radius 1 is 1.08 bits per heavy atom. The molecule has 0 aromatic carbocycles. The molecule has 0 radical (unpaired) electrons. The molecule has 2 heteroatoms. The van der Waals surface area contributed by atoms with Crippen LogP contribution in [0.3, 0.4) is 0 Å². The Kier molecular flexibility index (Phi) is 7.89. The van der Waals surface area contributed by atoms with Gasteiger partial charge in [-0.1, -0.05) is 31.6 Å². The van der Waals surface area contributed by atoms with Gasteiger partial charge in [0.1, 0.15) is 0 Å². The maximum absolute atomic E-state index is 4.50. The number of nitrogens with zero attached hydrogens (tertiary/aromatic N) is 1. The number of hydrogen-bond donors (Lipinski definition) is 0. The molecule has 1 aliphatic carbocycles. The molecule has 2 fully saturated rings. The zero-order valence-corrected chi connectivity index (χ0v) is 13.3. The smallest absolute Gasteiger partial charge is 0.659 e. The fourth-order valence-corrected chi connectivity index (χ4v) is 2.00. The van der Waals surface area contributed by atoms with Crippen LogP contribution in [0.1, 0.15) is 46.5 Å². The average molecular weight is 405 g/mol. The van der Waals surface area contributed by atoms with Gasteiger partial charge in [0.2, 0.25) is 0 Å². The number of hydrogen-bond acceptors (Lipinski definition) is 0. The van der Waals surface area contributed by atoms with Crippen LogP contribution < -0.4 is 0 Å². The van der Waals surface area contributed by atoms with E-state index in [9.17, 15) is 0 Å². The van der Waals surface area contributed by atoms with E-state index in [2.05, 4.69) is 26.1 Å². The van der Waals surface area contributed by atoms with Crippen molar-refractivity contribution in [2.75, 3.05) is 6.54 Å². The normalized spacial score (nSPS) is 30.5. The van der Waals surface area contributed by atoms with Crippen molar-refractivity contribution in [2.24, 2.45) is 5.92 Å². The molecule has 0 bridgehead atoms. The molecular formula is C11H21NU. The first kappa shape index (κ1) is 14.0. The van der Waals surface area contributed by atoms with Gasteiger partial charge in [0.15, 0.2) is 0 Å². The molecule has 74 valence electrons. The van der Waals surface area contributed by atoms with Crippen molar-refractivity contribution in [1.82, 2.24) is 0 Å². The zero-order valence-electron chi connectivity index (χ0n) is 9.14. The number of rotatable bonds is 0. The Morgan fingerprint density at radius 2 is 1.69 bits per heavy atom. The van der Waals surface area contributed by atoms with Gasteiger partial charge >= 0.3 is 31.1 Å². The Balaban J connectivity index is 0.000000256. The molecule has 1 saturated carbocycles. The maximum Gasteiger partial charge on any atom is 2.00 e. The largest absolute Gasteiger partial charge is 2.00 e. The molecule has 0 N–H and O–H groups in total. The predicted molar refractivity (Wildman–Crippen MR) is 54.2 cm³/mol. The van der Waals surface area contributed by atoms with Crippen molar-refractivity contribution >= 4 is 0 Å². The molecule has 2 unspecified atom stereocenters. The van der Waals surface area contributed by atoms with Crippen molar-refractivity contribution in [3.8, 4) is 0 Å². The van der Waals surface area contributed by atoms with Crippen LogP contribution in [0.4, 0.5) is 0 Å². The summed E-state index contributed by atoms with van der Waals surface area (Å²) in [4.78, 5) is 0. The van der Waals surface area contributed by atoms with E-state index < -0.39 is 0 Å². The minimum atomic E-state index is 0. The van der Waals surface area contributed by atoms with Gasteiger partial charge in [0.25, 0.3) is 0 Å². The van der Waals surface area contributed by atoms with Gasteiger partial charge in [-0.05, 0) is 0 Å². The third kappa shape index (κ3) is 5.45. The van der Waals surface area contributed by atoms with Crippen LogP contribution >= 0.6 is 0 Å². The van der Waals surface area contributed by atoms with Crippen molar-refractivity contribution in [3.05, 3.63) is 11.2 Å². The molecule has 0 amide bonds. The predicted octanol–water partition coefficient (Wildman–Crippen LogP) is 3.55. The third-order valence-corrected chi connectivity index (χ3v) is 2.48. The van der Waals surface area contributed by atoms with Crippen LogP contribution in [-0.4, -0.2) is 12.6 Å². The Hall–Kier alpha value is 1.01. The van der Waals surface area contributed by atoms with Gasteiger partial charge < -0.3 is 11.2 Å². The number of fused-ring (bicyclic) bond motifs is 1. The summed E-state index contributed by atoms with van der Waals surface area (Å²) >= 11 is 0. The van der Waals surface area contributed by atoms with E-state index in [1.165, 1.54) is 31.6 Å². The molecule has 1 heterocycles. The van der Waals surface area contributed by atoms with Crippen molar-refractivity contribution in [1.29, 1.82) is 0 Å². The van der Waals surface area contributed by atoms with E-state index in [1.807, 2.05) is 0 Å². The maximum atomic E-state index is 4.50. The van der Waals surface area contributed by atoms with E-state index in [0.717, 1.165) is 18.5 Å². The topological polar surface area (TPSA) is 14.1 Å². The van der Waals surface area contributed by atoms with Crippen LogP contribution in [0.5, 0.6) is 0 Å². The summed E-state index contributed by atoms with van der Waals surface area (Å²) in [6.07, 6.45) is 5.70. The molecule has 0 spiro atoms. The van der Waals surface area contributed by atoms with Crippen molar-refractivity contribution in [3.63, 3.8) is 0 Å². The fourth-order valence-electron chi connectivity index (χ4n) is 2.00. The van der Waals surface area contributed by atoms with E-state index in [-0.39, 0.29) is 31.1 Å². The second kappa shape index (κ2) is 7.32. The summed E-state index contributed by atoms with van der Waals surface area (Å²) in [6.45, 7) is 7.41. The minimum Gasteiger partial charge on any atom is -0.659 e. The zero-order chi connectivity index (χ0) is 8.97. The van der Waals surface area contributed by atoms with Crippen LogP contribution in [0.2, 0.25) is 0 Å². The van der Waals surface area contributed by atoms with E-state index >= 15 is 0 Å². The summed E-state index contributed by atoms with van der Waals surface area (Å²) in [7, 11) is 0. The van der Waals surface area contributed by atoms with E-state index in [0.29, 0.717) is 0 Å². The molecule has 1 aliphatic heterocycles. The van der Waals surface area contributed by atoms with E-state index in [4.69, 9.17) is 0 Å². The summed E-state index contributed by atoms with van der Waals surface area (Å²) in [5.41, 5.74) is 0. The standard InChI is InChI=1S/C7H12N.C4H9.U/c1-2-6-4-5-8-7(6)3-1;1-4(2)3;/h6-7H,1-5H2;1-3H3;/q2*-1;+2. The Labute approximate surface area is 107 Å². The minimum absolute atomic E-state index is 0. The molecule has 0 aromatic heterocycles. The van der Waals surface area contributed by atoms with Gasteiger partial charge in [-0.25, -0.2) is 0 Å². The molecule has 1 saturated heterocycles. The molecule has 0 aromatic rings. The van der Waals surface area contributed by atoms with E-state index in [1.54, 1.807) is 0 Å². The molecule has 2 atom stereocenters. The second-order valence-corrected chi connectivity index (χ2v) is 4.45. The van der Waals surface area contributed by atoms with Crippen LogP contribution in [0, 0.1) is 42.9 Å². The first-order valence-corrected chi connectivity index (χ1v) is 5.13. The van der Waals surface area contributed by atoms with Crippen LogP contribution in [0.15, 0.2) is 0 Å². The van der Waals surface area contributed by atoms with Gasteiger partial charge in [-0.15, -0.1) is 12.6 Å². The first-order chi connectivity index (χ1) is 5.70. The summed E-state index contributed by atoms with van der Waals surface area (Å²) in [5, 5.41) is 4.50. The molecular weight excluding hydrogens is 384 g/mol.